The van der Waals surface area contributed by atoms with Crippen LogP contribution >= 0.6 is 0 Å². The second-order valence-corrected chi connectivity index (χ2v) is 7.49. The second-order valence-electron chi connectivity index (χ2n) is 7.49. The number of carbonyl (C=O) groups excluding carboxylic acids is 2. The van der Waals surface area contributed by atoms with E-state index in [1.807, 2.05) is 25.1 Å². The number of hydrogen-bond donors (Lipinski definition) is 0. The van der Waals surface area contributed by atoms with Crippen LogP contribution in [0.25, 0.3) is 11.1 Å². The Morgan fingerprint density at radius 1 is 1.10 bits per heavy atom. The van der Waals surface area contributed by atoms with Crippen LogP contribution < -0.4 is 0 Å². The molecule has 0 saturated carbocycles. The topological polar surface area (TPSA) is 47.0 Å². The first-order valence-electron chi connectivity index (χ1n) is 10.1. The Labute approximate surface area is 172 Å². The number of hydrogen-bond acceptors (Lipinski definition) is 3. The molecule has 0 radical (unpaired) electrons. The molecule has 1 aliphatic carbocycles. The summed E-state index contributed by atoms with van der Waals surface area (Å²) in [7, 11) is 0. The predicted molar refractivity (Wildman–Crippen MR) is 118 cm³/mol. The lowest BCUT2D eigenvalue weighted by Gasteiger charge is -2.14. The van der Waals surface area contributed by atoms with Crippen molar-refractivity contribution in [3.8, 4) is 0 Å². The molecule has 2 aromatic rings. The van der Waals surface area contributed by atoms with Gasteiger partial charge in [0, 0.05) is 25.2 Å². The normalized spacial score (nSPS) is 14.4. The highest BCUT2D eigenvalue weighted by Gasteiger charge is 2.21. The number of aryl methyl sites for hydroxylation is 2. The van der Waals surface area contributed by atoms with E-state index in [9.17, 15) is 9.59 Å². The summed E-state index contributed by atoms with van der Waals surface area (Å²) < 4.78 is 0. The van der Waals surface area contributed by atoms with Crippen molar-refractivity contribution in [2.24, 2.45) is 0 Å². The van der Waals surface area contributed by atoms with Gasteiger partial charge in [0.05, 0.1) is 5.57 Å². The van der Waals surface area contributed by atoms with E-state index in [1.54, 1.807) is 18.5 Å². The molecule has 3 nitrogen and oxygen atoms in total. The van der Waals surface area contributed by atoms with E-state index in [2.05, 4.69) is 43.1 Å². The molecular formula is C26H27NO2. The van der Waals surface area contributed by atoms with Gasteiger partial charge < -0.3 is 0 Å². The van der Waals surface area contributed by atoms with Crippen LogP contribution in [-0.4, -0.2) is 16.6 Å². The first kappa shape index (κ1) is 20.7. The van der Waals surface area contributed by atoms with Crippen LogP contribution in [0, 0.1) is 13.8 Å². The third kappa shape index (κ3) is 5.05. The number of Topliss-reactive ketones (excluding diaryl/α,β-unsaturated/α-hetero) is 2. The fourth-order valence-electron chi connectivity index (χ4n) is 3.77. The van der Waals surface area contributed by atoms with Gasteiger partial charge in [-0.15, -0.1) is 0 Å². The summed E-state index contributed by atoms with van der Waals surface area (Å²) in [6, 6.07) is 10.2. The minimum Gasteiger partial charge on any atom is -0.294 e. The van der Waals surface area contributed by atoms with Crippen molar-refractivity contribution in [2.75, 3.05) is 0 Å². The van der Waals surface area contributed by atoms with E-state index in [0.717, 1.165) is 24.0 Å². The number of ketones is 2. The zero-order chi connectivity index (χ0) is 20.8. The minimum atomic E-state index is -0.0894. The van der Waals surface area contributed by atoms with Crippen molar-refractivity contribution >= 4 is 22.7 Å². The average Bonchev–Trinajstić information content (AvgIpc) is 2.73. The van der Waals surface area contributed by atoms with E-state index in [1.165, 1.54) is 22.3 Å². The molecule has 1 aromatic heterocycles. The van der Waals surface area contributed by atoms with E-state index < -0.39 is 0 Å². The van der Waals surface area contributed by atoms with Crippen LogP contribution in [0.3, 0.4) is 0 Å². The van der Waals surface area contributed by atoms with Gasteiger partial charge in [-0.3, -0.25) is 14.6 Å². The first-order valence-corrected chi connectivity index (χ1v) is 10.1. The fourth-order valence-corrected chi connectivity index (χ4v) is 3.77. The highest BCUT2D eigenvalue weighted by molar-refractivity contribution is 6.23. The Balaban J connectivity index is 1.66. The maximum Gasteiger partial charge on any atom is 0.170 e. The SMILES string of the molecule is C/C=C(/CCCC(=O)C1=CC(c2ccncc2)=CCC1=O)c1ccc(C)cc1C. The molecule has 0 bridgehead atoms. The molecule has 3 rings (SSSR count). The van der Waals surface area contributed by atoms with Crippen molar-refractivity contribution < 1.29 is 9.59 Å². The monoisotopic (exact) mass is 385 g/mol. The number of benzene rings is 1. The Kier molecular flexibility index (Phi) is 6.71. The average molecular weight is 386 g/mol. The predicted octanol–water partition coefficient (Wildman–Crippen LogP) is 5.82. The van der Waals surface area contributed by atoms with Gasteiger partial charge in [-0.25, -0.2) is 0 Å². The van der Waals surface area contributed by atoms with Crippen molar-refractivity contribution in [2.45, 2.75) is 46.5 Å². The van der Waals surface area contributed by atoms with Crippen LogP contribution in [0.4, 0.5) is 0 Å². The molecule has 1 heterocycles. The lowest BCUT2D eigenvalue weighted by atomic mass is 9.89. The van der Waals surface area contributed by atoms with Crippen molar-refractivity contribution in [1.29, 1.82) is 0 Å². The number of aromatic nitrogens is 1. The standard InChI is InChI=1S/C26H27NO2/c1-4-20(23-10-8-18(2)16-19(23)3)6-5-7-25(28)24-17-22(9-11-26(24)29)21-12-14-27-15-13-21/h4,8-10,12-17H,5-7,11H2,1-3H3/b20-4-. The maximum atomic E-state index is 12.8. The van der Waals surface area contributed by atoms with E-state index >= 15 is 0 Å². The molecule has 0 N–H and O–H groups in total. The Hall–Kier alpha value is -3.07. The van der Waals surface area contributed by atoms with Crippen LogP contribution in [0.2, 0.25) is 0 Å². The molecule has 0 amide bonds. The van der Waals surface area contributed by atoms with Gasteiger partial charge in [0.15, 0.2) is 11.6 Å². The summed E-state index contributed by atoms with van der Waals surface area (Å²) in [5.41, 5.74) is 7.20. The molecule has 3 heteroatoms. The highest BCUT2D eigenvalue weighted by atomic mass is 16.1. The Morgan fingerprint density at radius 2 is 1.86 bits per heavy atom. The van der Waals surface area contributed by atoms with Gasteiger partial charge >= 0.3 is 0 Å². The number of rotatable bonds is 7. The van der Waals surface area contributed by atoms with E-state index in [4.69, 9.17) is 0 Å². The lowest BCUT2D eigenvalue weighted by Crippen LogP contribution is -2.15. The molecule has 29 heavy (non-hydrogen) atoms. The smallest absolute Gasteiger partial charge is 0.170 e. The lowest BCUT2D eigenvalue weighted by molar-refractivity contribution is -0.121. The van der Waals surface area contributed by atoms with Gasteiger partial charge in [0.1, 0.15) is 0 Å². The summed E-state index contributed by atoms with van der Waals surface area (Å²) in [4.78, 5) is 29.1. The number of nitrogens with zero attached hydrogens (tertiary/aromatic N) is 1. The largest absolute Gasteiger partial charge is 0.294 e. The number of pyridine rings is 1. The van der Waals surface area contributed by atoms with Gasteiger partial charge in [0.2, 0.25) is 0 Å². The number of carbonyl (C=O) groups is 2. The molecule has 0 unspecified atom stereocenters. The third-order valence-electron chi connectivity index (χ3n) is 5.35. The van der Waals surface area contributed by atoms with Gasteiger partial charge in [-0.05, 0) is 79.7 Å². The van der Waals surface area contributed by atoms with Crippen molar-refractivity contribution in [1.82, 2.24) is 4.98 Å². The third-order valence-corrected chi connectivity index (χ3v) is 5.35. The molecule has 0 atom stereocenters. The molecule has 148 valence electrons. The first-order chi connectivity index (χ1) is 14.0. The second kappa shape index (κ2) is 9.42. The van der Waals surface area contributed by atoms with Gasteiger partial charge in [-0.2, -0.15) is 0 Å². The summed E-state index contributed by atoms with van der Waals surface area (Å²) in [6.07, 6.45) is 11.4. The van der Waals surface area contributed by atoms with Crippen LogP contribution in [0.1, 0.15) is 54.9 Å². The van der Waals surface area contributed by atoms with Crippen LogP contribution in [0.5, 0.6) is 0 Å². The molecule has 0 saturated heterocycles. The van der Waals surface area contributed by atoms with E-state index in [0.29, 0.717) is 12.0 Å². The zero-order valence-corrected chi connectivity index (χ0v) is 17.4. The Bertz CT molecular complexity index is 1010. The summed E-state index contributed by atoms with van der Waals surface area (Å²) in [5, 5.41) is 0. The summed E-state index contributed by atoms with van der Waals surface area (Å²) >= 11 is 0. The quantitative estimate of drug-likeness (QED) is 0.564. The molecule has 0 spiro atoms. The molecule has 0 aliphatic heterocycles. The molecule has 0 fully saturated rings. The number of allylic oxidation sites excluding steroid dienone is 6. The molecular weight excluding hydrogens is 358 g/mol. The molecule has 1 aliphatic rings. The zero-order valence-electron chi connectivity index (χ0n) is 17.4. The summed E-state index contributed by atoms with van der Waals surface area (Å²) in [6.45, 7) is 6.25. The van der Waals surface area contributed by atoms with Crippen molar-refractivity contribution in [3.63, 3.8) is 0 Å². The maximum absolute atomic E-state index is 12.8. The minimum absolute atomic E-state index is 0.0641. The highest BCUT2D eigenvalue weighted by Crippen LogP contribution is 2.27. The van der Waals surface area contributed by atoms with E-state index in [-0.39, 0.29) is 18.0 Å². The van der Waals surface area contributed by atoms with Crippen LogP contribution in [0.15, 0.2) is 66.5 Å². The van der Waals surface area contributed by atoms with Gasteiger partial charge in [-0.1, -0.05) is 35.9 Å². The fraction of sp³-hybridized carbons (Fsp3) is 0.269. The van der Waals surface area contributed by atoms with Crippen LogP contribution in [-0.2, 0) is 9.59 Å². The Morgan fingerprint density at radius 3 is 2.55 bits per heavy atom. The van der Waals surface area contributed by atoms with Crippen molar-refractivity contribution in [3.05, 3.63) is 88.8 Å². The molecule has 1 aromatic carbocycles. The van der Waals surface area contributed by atoms with Gasteiger partial charge in [0.25, 0.3) is 0 Å². The summed E-state index contributed by atoms with van der Waals surface area (Å²) in [5.74, 6) is -0.154.